The van der Waals surface area contributed by atoms with Crippen LogP contribution in [-0.2, 0) is 0 Å². The Morgan fingerprint density at radius 2 is 1.82 bits per heavy atom. The molecule has 0 amide bonds. The number of aliphatic hydroxyl groups is 1. The van der Waals surface area contributed by atoms with E-state index in [1.54, 1.807) is 0 Å². The molecule has 2 aliphatic carbocycles. The quantitative estimate of drug-likeness (QED) is 0.704. The van der Waals surface area contributed by atoms with Gasteiger partial charge in [0.2, 0.25) is 0 Å². The van der Waals surface area contributed by atoms with Crippen molar-refractivity contribution in [2.75, 3.05) is 19.6 Å². The van der Waals surface area contributed by atoms with Gasteiger partial charge in [-0.2, -0.15) is 0 Å². The third-order valence-electron chi connectivity index (χ3n) is 4.30. The van der Waals surface area contributed by atoms with E-state index < -0.39 is 0 Å². The molecule has 0 saturated heterocycles. The van der Waals surface area contributed by atoms with Crippen molar-refractivity contribution in [2.45, 2.75) is 64.4 Å². The van der Waals surface area contributed by atoms with Crippen LogP contribution in [0.25, 0.3) is 0 Å². The first-order chi connectivity index (χ1) is 8.28. The molecule has 2 saturated carbocycles. The smallest absolute Gasteiger partial charge is 0.0669 e. The van der Waals surface area contributed by atoms with E-state index in [0.29, 0.717) is 0 Å². The van der Waals surface area contributed by atoms with Gasteiger partial charge in [0, 0.05) is 13.1 Å². The molecule has 0 radical (unpaired) electrons. The highest BCUT2D eigenvalue weighted by Crippen LogP contribution is 2.31. The van der Waals surface area contributed by atoms with Crippen LogP contribution >= 0.6 is 0 Å². The minimum atomic E-state index is -0.0802. The highest BCUT2D eigenvalue weighted by Gasteiger charge is 2.26. The van der Waals surface area contributed by atoms with Crippen LogP contribution in [0.3, 0.4) is 0 Å². The predicted octanol–water partition coefficient (Wildman–Crippen LogP) is 3.05. The summed E-state index contributed by atoms with van der Waals surface area (Å²) in [6, 6.07) is 0. The summed E-state index contributed by atoms with van der Waals surface area (Å²) in [5.74, 6) is 1.76. The Balaban J connectivity index is 1.67. The molecule has 2 nitrogen and oxygen atoms in total. The zero-order chi connectivity index (χ0) is 12.1. The number of aliphatic hydroxyl groups excluding tert-OH is 1. The van der Waals surface area contributed by atoms with Crippen LogP contribution in [0.4, 0.5) is 0 Å². The molecule has 0 spiro atoms. The fourth-order valence-corrected chi connectivity index (χ4v) is 3.24. The molecule has 2 heteroatoms. The maximum atomic E-state index is 10.2. The lowest BCUT2D eigenvalue weighted by Gasteiger charge is -2.25. The van der Waals surface area contributed by atoms with Gasteiger partial charge in [-0.3, -0.25) is 0 Å². The second kappa shape index (κ2) is 6.75. The highest BCUT2D eigenvalue weighted by atomic mass is 16.3. The lowest BCUT2D eigenvalue weighted by Crippen LogP contribution is -2.35. The molecule has 17 heavy (non-hydrogen) atoms. The lowest BCUT2D eigenvalue weighted by atomic mass is 10.00. The SMILES string of the molecule is CCCN(CC(O)CC1CCCC1)CC1CC1. The van der Waals surface area contributed by atoms with Gasteiger partial charge in [0.25, 0.3) is 0 Å². The fraction of sp³-hybridized carbons (Fsp3) is 1.00. The van der Waals surface area contributed by atoms with Crippen molar-refractivity contribution in [3.63, 3.8) is 0 Å². The summed E-state index contributed by atoms with van der Waals surface area (Å²) in [6.45, 7) is 5.55. The predicted molar refractivity (Wildman–Crippen MR) is 72.0 cm³/mol. The van der Waals surface area contributed by atoms with Gasteiger partial charge in [-0.1, -0.05) is 32.6 Å². The van der Waals surface area contributed by atoms with E-state index >= 15 is 0 Å². The molecular formula is C15H29NO. The van der Waals surface area contributed by atoms with Crippen LogP contribution in [0.15, 0.2) is 0 Å². The third-order valence-corrected chi connectivity index (χ3v) is 4.30. The van der Waals surface area contributed by atoms with E-state index in [2.05, 4.69) is 11.8 Å². The van der Waals surface area contributed by atoms with Gasteiger partial charge in [-0.15, -0.1) is 0 Å². The van der Waals surface area contributed by atoms with Crippen molar-refractivity contribution >= 4 is 0 Å². The zero-order valence-electron chi connectivity index (χ0n) is 11.4. The molecule has 1 unspecified atom stereocenters. The van der Waals surface area contributed by atoms with Gasteiger partial charge in [0.15, 0.2) is 0 Å². The van der Waals surface area contributed by atoms with E-state index in [-0.39, 0.29) is 6.10 Å². The maximum absolute atomic E-state index is 10.2. The van der Waals surface area contributed by atoms with Gasteiger partial charge < -0.3 is 10.0 Å². The zero-order valence-corrected chi connectivity index (χ0v) is 11.4. The minimum absolute atomic E-state index is 0.0802. The molecule has 2 aliphatic rings. The Bertz CT molecular complexity index is 209. The van der Waals surface area contributed by atoms with E-state index in [1.165, 1.54) is 51.5 Å². The largest absolute Gasteiger partial charge is 0.392 e. The first kappa shape index (κ1) is 13.4. The minimum Gasteiger partial charge on any atom is -0.392 e. The van der Waals surface area contributed by atoms with Gasteiger partial charge in [0.1, 0.15) is 0 Å². The first-order valence-electron chi connectivity index (χ1n) is 7.68. The third kappa shape index (κ3) is 4.97. The van der Waals surface area contributed by atoms with Gasteiger partial charge in [-0.25, -0.2) is 0 Å². The van der Waals surface area contributed by atoms with Gasteiger partial charge in [-0.05, 0) is 44.1 Å². The molecule has 0 aromatic heterocycles. The molecule has 0 aromatic rings. The Kier molecular flexibility index (Phi) is 5.30. The Morgan fingerprint density at radius 3 is 2.41 bits per heavy atom. The number of rotatable bonds is 8. The van der Waals surface area contributed by atoms with Crippen LogP contribution in [0.5, 0.6) is 0 Å². The monoisotopic (exact) mass is 239 g/mol. The maximum Gasteiger partial charge on any atom is 0.0669 e. The van der Waals surface area contributed by atoms with Crippen molar-refractivity contribution in [1.82, 2.24) is 4.90 Å². The average molecular weight is 239 g/mol. The first-order valence-corrected chi connectivity index (χ1v) is 7.68. The lowest BCUT2D eigenvalue weighted by molar-refractivity contribution is 0.0889. The van der Waals surface area contributed by atoms with E-state index in [9.17, 15) is 5.11 Å². The van der Waals surface area contributed by atoms with Crippen molar-refractivity contribution in [1.29, 1.82) is 0 Å². The van der Waals surface area contributed by atoms with Gasteiger partial charge >= 0.3 is 0 Å². The highest BCUT2D eigenvalue weighted by molar-refractivity contribution is 4.79. The topological polar surface area (TPSA) is 23.5 Å². The Morgan fingerprint density at radius 1 is 1.12 bits per heavy atom. The van der Waals surface area contributed by atoms with Crippen molar-refractivity contribution < 1.29 is 5.11 Å². The summed E-state index contributed by atoms with van der Waals surface area (Å²) in [5.41, 5.74) is 0. The summed E-state index contributed by atoms with van der Waals surface area (Å²) in [4.78, 5) is 2.50. The molecule has 100 valence electrons. The molecule has 1 atom stereocenters. The Labute approximate surface area is 106 Å². The molecular weight excluding hydrogens is 210 g/mol. The summed E-state index contributed by atoms with van der Waals surface area (Å²) >= 11 is 0. The van der Waals surface area contributed by atoms with Crippen LogP contribution in [-0.4, -0.2) is 35.7 Å². The number of nitrogens with zero attached hydrogens (tertiary/aromatic N) is 1. The van der Waals surface area contributed by atoms with E-state index in [0.717, 1.165) is 31.3 Å². The van der Waals surface area contributed by atoms with E-state index in [1.807, 2.05) is 0 Å². The second-order valence-electron chi connectivity index (χ2n) is 6.24. The summed E-state index contributed by atoms with van der Waals surface area (Å²) in [5, 5.41) is 10.2. The standard InChI is InChI=1S/C15H29NO/c1-2-9-16(11-14-7-8-14)12-15(17)10-13-5-3-4-6-13/h13-15,17H,2-12H2,1H3. The summed E-state index contributed by atoms with van der Waals surface area (Å²) in [6.07, 6.45) is 10.5. The molecule has 0 aromatic carbocycles. The van der Waals surface area contributed by atoms with Gasteiger partial charge in [0.05, 0.1) is 6.10 Å². The molecule has 2 fully saturated rings. The Hall–Kier alpha value is -0.0800. The van der Waals surface area contributed by atoms with Crippen molar-refractivity contribution in [2.24, 2.45) is 11.8 Å². The molecule has 1 N–H and O–H groups in total. The van der Waals surface area contributed by atoms with Crippen LogP contribution in [0, 0.1) is 11.8 Å². The summed E-state index contributed by atoms with van der Waals surface area (Å²) < 4.78 is 0. The average Bonchev–Trinajstić information content (AvgIpc) is 2.94. The fourth-order valence-electron chi connectivity index (χ4n) is 3.24. The molecule has 0 aliphatic heterocycles. The molecule has 0 bridgehead atoms. The molecule has 2 rings (SSSR count). The summed E-state index contributed by atoms with van der Waals surface area (Å²) in [7, 11) is 0. The normalized spacial score (nSPS) is 23.5. The van der Waals surface area contributed by atoms with Crippen molar-refractivity contribution in [3.05, 3.63) is 0 Å². The van der Waals surface area contributed by atoms with E-state index in [4.69, 9.17) is 0 Å². The van der Waals surface area contributed by atoms with Crippen molar-refractivity contribution in [3.8, 4) is 0 Å². The van der Waals surface area contributed by atoms with Crippen LogP contribution in [0.1, 0.15) is 58.3 Å². The number of hydrogen-bond acceptors (Lipinski definition) is 2. The number of hydrogen-bond donors (Lipinski definition) is 1. The van der Waals surface area contributed by atoms with Crippen LogP contribution < -0.4 is 0 Å². The second-order valence-corrected chi connectivity index (χ2v) is 6.24. The molecule has 0 heterocycles. The van der Waals surface area contributed by atoms with Crippen LogP contribution in [0.2, 0.25) is 0 Å².